The van der Waals surface area contributed by atoms with Gasteiger partial charge in [-0.3, -0.25) is 0 Å². The number of fused-ring (bicyclic) bond motifs is 1. The van der Waals surface area contributed by atoms with Crippen molar-refractivity contribution in [2.45, 2.75) is 19.1 Å². The first-order valence-corrected chi connectivity index (χ1v) is 7.22. The van der Waals surface area contributed by atoms with Crippen LogP contribution in [0.2, 0.25) is 0 Å². The normalized spacial score (nSPS) is 14.2. The summed E-state index contributed by atoms with van der Waals surface area (Å²) in [5, 5.41) is 20.8. The van der Waals surface area contributed by atoms with Gasteiger partial charge in [-0.25, -0.2) is 4.39 Å². The van der Waals surface area contributed by atoms with Crippen LogP contribution in [0.25, 0.3) is 10.9 Å². The van der Waals surface area contributed by atoms with Crippen LogP contribution < -0.4 is 0 Å². The van der Waals surface area contributed by atoms with Gasteiger partial charge in [-0.15, -0.1) is 0 Å². The summed E-state index contributed by atoms with van der Waals surface area (Å²) >= 11 is 0. The number of hydrogen-bond acceptors (Lipinski definition) is 2. The lowest BCUT2D eigenvalue weighted by molar-refractivity contribution is 0.0653. The lowest BCUT2D eigenvalue weighted by Gasteiger charge is -2.25. The molecule has 0 aliphatic carbocycles. The molecule has 0 spiro atoms. The van der Waals surface area contributed by atoms with E-state index in [4.69, 9.17) is 0 Å². The second-order valence-corrected chi connectivity index (χ2v) is 5.49. The first kappa shape index (κ1) is 14.8. The van der Waals surface area contributed by atoms with Gasteiger partial charge in [-0.2, -0.15) is 0 Å². The van der Waals surface area contributed by atoms with E-state index >= 15 is 0 Å². The Hall–Kier alpha value is -2.17. The lowest BCUT2D eigenvalue weighted by atomic mass is 10.0. The Balaban J connectivity index is 2.21. The van der Waals surface area contributed by atoms with Crippen molar-refractivity contribution in [1.29, 1.82) is 0 Å². The highest BCUT2D eigenvalue weighted by molar-refractivity contribution is 5.83. The molecule has 1 heterocycles. The molecule has 3 rings (SSSR count). The lowest BCUT2D eigenvalue weighted by Crippen LogP contribution is -2.28. The van der Waals surface area contributed by atoms with Gasteiger partial charge in [0.2, 0.25) is 0 Å². The molecule has 22 heavy (non-hydrogen) atoms. The minimum Gasteiger partial charge on any atom is -0.394 e. The van der Waals surface area contributed by atoms with Crippen LogP contribution in [0.3, 0.4) is 0 Å². The van der Waals surface area contributed by atoms with Crippen molar-refractivity contribution in [3.63, 3.8) is 0 Å². The van der Waals surface area contributed by atoms with Crippen molar-refractivity contribution >= 4 is 10.9 Å². The number of aliphatic hydroxyl groups is 2. The van der Waals surface area contributed by atoms with Gasteiger partial charge in [0.05, 0.1) is 18.2 Å². The Bertz CT molecular complexity index is 797. The highest BCUT2D eigenvalue weighted by Crippen LogP contribution is 2.30. The molecule has 2 atom stereocenters. The number of benzene rings is 2. The number of hydrogen-bond donors (Lipinski definition) is 2. The highest BCUT2D eigenvalue weighted by Gasteiger charge is 2.24. The fraction of sp³-hybridized carbons (Fsp3) is 0.222. The largest absolute Gasteiger partial charge is 0.394 e. The summed E-state index contributed by atoms with van der Waals surface area (Å²) in [6, 6.07) is 13.5. The standard InChI is InChI=1S/C18H18FNO2/c1-12-4-2-5-13-8-9-20(17(12)13)18(16(22)11-21)14-6-3-7-15(19)10-14/h2-10,16,18,21-22H,11H2,1H3/t16-,18+/m1/s1. The number of para-hydroxylation sites is 1. The van der Waals surface area contributed by atoms with Crippen molar-refractivity contribution in [2.75, 3.05) is 6.61 Å². The number of nitrogens with zero attached hydrogens (tertiary/aromatic N) is 1. The molecule has 0 saturated heterocycles. The summed E-state index contributed by atoms with van der Waals surface area (Å²) < 4.78 is 15.5. The zero-order chi connectivity index (χ0) is 15.7. The molecule has 0 unspecified atom stereocenters. The summed E-state index contributed by atoms with van der Waals surface area (Å²) in [6.07, 6.45) is 0.851. The maximum Gasteiger partial charge on any atom is 0.123 e. The molecule has 0 fully saturated rings. The third-order valence-corrected chi connectivity index (χ3v) is 3.98. The van der Waals surface area contributed by atoms with Gasteiger partial charge in [-0.1, -0.05) is 30.3 Å². The van der Waals surface area contributed by atoms with Crippen LogP contribution in [0.15, 0.2) is 54.7 Å². The van der Waals surface area contributed by atoms with Crippen LogP contribution in [0.4, 0.5) is 4.39 Å². The summed E-state index contributed by atoms with van der Waals surface area (Å²) in [5.74, 6) is -0.360. The molecule has 0 amide bonds. The maximum atomic E-state index is 13.6. The first-order valence-electron chi connectivity index (χ1n) is 7.22. The average molecular weight is 299 g/mol. The van der Waals surface area contributed by atoms with Crippen LogP contribution >= 0.6 is 0 Å². The van der Waals surface area contributed by atoms with Crippen LogP contribution in [0.5, 0.6) is 0 Å². The molecule has 0 aliphatic heterocycles. The molecule has 3 aromatic rings. The Labute approximate surface area is 128 Å². The van der Waals surface area contributed by atoms with E-state index in [2.05, 4.69) is 0 Å². The molecule has 1 aromatic heterocycles. The number of aliphatic hydroxyl groups excluding tert-OH is 2. The Morgan fingerprint density at radius 2 is 1.91 bits per heavy atom. The summed E-state index contributed by atoms with van der Waals surface area (Å²) in [6.45, 7) is 1.60. The monoisotopic (exact) mass is 299 g/mol. The second kappa shape index (κ2) is 5.91. The van der Waals surface area contributed by atoms with Crippen molar-refractivity contribution in [3.8, 4) is 0 Å². The van der Waals surface area contributed by atoms with E-state index in [0.717, 1.165) is 16.5 Å². The number of aryl methyl sites for hydroxylation is 1. The molecule has 0 saturated carbocycles. The van der Waals surface area contributed by atoms with E-state index in [1.54, 1.807) is 12.1 Å². The van der Waals surface area contributed by atoms with Gasteiger partial charge >= 0.3 is 0 Å². The SMILES string of the molecule is Cc1cccc2ccn([C@@H](c3cccc(F)c3)[C@H](O)CO)c12. The minimum atomic E-state index is -1.02. The third-order valence-electron chi connectivity index (χ3n) is 3.98. The molecule has 0 bridgehead atoms. The van der Waals surface area contributed by atoms with E-state index in [1.165, 1.54) is 12.1 Å². The molecule has 4 heteroatoms. The van der Waals surface area contributed by atoms with Crippen LogP contribution in [0, 0.1) is 12.7 Å². The van der Waals surface area contributed by atoms with Crippen molar-refractivity contribution < 1.29 is 14.6 Å². The predicted octanol–water partition coefficient (Wildman–Crippen LogP) is 3.03. The Morgan fingerprint density at radius 3 is 2.64 bits per heavy atom. The van der Waals surface area contributed by atoms with E-state index in [1.807, 2.05) is 42.0 Å². The molecule has 0 aliphatic rings. The fourth-order valence-corrected chi connectivity index (χ4v) is 2.99. The molecule has 3 nitrogen and oxygen atoms in total. The molecular formula is C18H18FNO2. The second-order valence-electron chi connectivity index (χ2n) is 5.49. The predicted molar refractivity (Wildman–Crippen MR) is 84.3 cm³/mol. The van der Waals surface area contributed by atoms with Gasteiger partial charge in [0.1, 0.15) is 11.9 Å². The van der Waals surface area contributed by atoms with Crippen LogP contribution in [-0.4, -0.2) is 27.5 Å². The zero-order valence-corrected chi connectivity index (χ0v) is 12.3. The number of rotatable bonds is 4. The Kier molecular flexibility index (Phi) is 3.96. The van der Waals surface area contributed by atoms with Gasteiger partial charge in [0.25, 0.3) is 0 Å². The quantitative estimate of drug-likeness (QED) is 0.778. The van der Waals surface area contributed by atoms with E-state index in [0.29, 0.717) is 5.56 Å². The maximum absolute atomic E-state index is 13.6. The molecular weight excluding hydrogens is 281 g/mol. The first-order chi connectivity index (χ1) is 10.6. The van der Waals surface area contributed by atoms with E-state index in [-0.39, 0.29) is 5.82 Å². The zero-order valence-electron chi connectivity index (χ0n) is 12.3. The van der Waals surface area contributed by atoms with Gasteiger partial charge < -0.3 is 14.8 Å². The smallest absolute Gasteiger partial charge is 0.123 e. The number of halogens is 1. The fourth-order valence-electron chi connectivity index (χ4n) is 2.99. The van der Waals surface area contributed by atoms with E-state index < -0.39 is 18.8 Å². The summed E-state index contributed by atoms with van der Waals surface area (Å²) in [4.78, 5) is 0. The average Bonchev–Trinajstić information content (AvgIpc) is 2.93. The molecule has 2 N–H and O–H groups in total. The molecule has 2 aromatic carbocycles. The third kappa shape index (κ3) is 2.51. The van der Waals surface area contributed by atoms with Gasteiger partial charge in [0, 0.05) is 6.20 Å². The summed E-state index contributed by atoms with van der Waals surface area (Å²) in [5.41, 5.74) is 2.67. The highest BCUT2D eigenvalue weighted by atomic mass is 19.1. The van der Waals surface area contributed by atoms with Crippen molar-refractivity contribution in [3.05, 3.63) is 71.7 Å². The van der Waals surface area contributed by atoms with Crippen LogP contribution in [0.1, 0.15) is 17.2 Å². The number of aromatic nitrogens is 1. The Morgan fingerprint density at radius 1 is 1.14 bits per heavy atom. The minimum absolute atomic E-state index is 0.360. The summed E-state index contributed by atoms with van der Waals surface area (Å²) in [7, 11) is 0. The van der Waals surface area contributed by atoms with Crippen molar-refractivity contribution in [2.24, 2.45) is 0 Å². The topological polar surface area (TPSA) is 45.4 Å². The molecule has 114 valence electrons. The van der Waals surface area contributed by atoms with Crippen LogP contribution in [-0.2, 0) is 0 Å². The van der Waals surface area contributed by atoms with Gasteiger partial charge in [-0.05, 0) is 41.6 Å². The van der Waals surface area contributed by atoms with Gasteiger partial charge in [0.15, 0.2) is 0 Å². The molecule has 0 radical (unpaired) electrons. The van der Waals surface area contributed by atoms with E-state index in [9.17, 15) is 14.6 Å². The van der Waals surface area contributed by atoms with Crippen molar-refractivity contribution in [1.82, 2.24) is 4.57 Å².